The van der Waals surface area contributed by atoms with Crippen molar-refractivity contribution in [1.29, 1.82) is 0 Å². The second-order valence-electron chi connectivity index (χ2n) is 4.81. The fourth-order valence-electron chi connectivity index (χ4n) is 2.41. The minimum atomic E-state index is -2.33. The van der Waals surface area contributed by atoms with Gasteiger partial charge in [0.1, 0.15) is 0 Å². The zero-order valence-corrected chi connectivity index (χ0v) is 11.7. The Hall–Kier alpha value is -0.680. The van der Waals surface area contributed by atoms with Crippen LogP contribution < -0.4 is 10.6 Å². The second-order valence-corrected chi connectivity index (χ2v) is 5.66. The normalized spacial score (nSPS) is 19.3. The van der Waals surface area contributed by atoms with Crippen molar-refractivity contribution in [2.75, 3.05) is 24.5 Å². The Morgan fingerprint density at radius 2 is 1.89 bits per heavy atom. The van der Waals surface area contributed by atoms with E-state index in [-0.39, 0.29) is 6.54 Å². The predicted molar refractivity (Wildman–Crippen MR) is 73.1 cm³/mol. The first-order valence-electron chi connectivity index (χ1n) is 6.07. The summed E-state index contributed by atoms with van der Waals surface area (Å²) in [6, 6.07) is 7.87. The van der Waals surface area contributed by atoms with Gasteiger partial charge in [0.25, 0.3) is 0 Å². The number of alkyl halides is 2. The smallest absolute Gasteiger partial charge is 0.245 e. The lowest BCUT2D eigenvalue weighted by Gasteiger charge is -2.41. The van der Waals surface area contributed by atoms with Crippen LogP contribution in [0.1, 0.15) is 12.8 Å². The molecule has 0 aromatic heterocycles. The summed E-state index contributed by atoms with van der Waals surface area (Å²) in [4.78, 5) is 2.14. The van der Waals surface area contributed by atoms with Crippen molar-refractivity contribution in [1.82, 2.24) is 0 Å². The molecule has 0 unspecified atom stereocenters. The maximum Gasteiger partial charge on any atom is 0.245 e. The van der Waals surface area contributed by atoms with Gasteiger partial charge < -0.3 is 10.6 Å². The highest BCUT2D eigenvalue weighted by Gasteiger charge is 2.41. The molecular weight excluding hydrogens is 302 g/mol. The molecule has 5 heteroatoms. The van der Waals surface area contributed by atoms with E-state index in [9.17, 15) is 8.78 Å². The van der Waals surface area contributed by atoms with Crippen LogP contribution in [0.4, 0.5) is 14.5 Å². The molecular formula is C13H17BrF2N2. The van der Waals surface area contributed by atoms with Crippen LogP contribution in [0, 0.1) is 5.41 Å². The molecule has 1 fully saturated rings. The fraction of sp³-hybridized carbons (Fsp3) is 0.538. The van der Waals surface area contributed by atoms with Crippen molar-refractivity contribution in [3.63, 3.8) is 0 Å². The number of nitrogens with two attached hydrogens (primary N) is 1. The third-order valence-corrected chi connectivity index (χ3v) is 4.49. The average Bonchev–Trinajstić information content (AvgIpc) is 2.39. The third-order valence-electron chi connectivity index (χ3n) is 3.82. The molecule has 2 N–H and O–H groups in total. The van der Waals surface area contributed by atoms with Crippen LogP contribution in [-0.2, 0) is 0 Å². The van der Waals surface area contributed by atoms with Crippen molar-refractivity contribution in [3.05, 3.63) is 28.7 Å². The van der Waals surface area contributed by atoms with E-state index in [1.54, 1.807) is 0 Å². The topological polar surface area (TPSA) is 29.3 Å². The summed E-state index contributed by atoms with van der Waals surface area (Å²) in [6.07, 6.45) is -1.44. The summed E-state index contributed by atoms with van der Waals surface area (Å²) in [5, 5.41) is 0. The van der Waals surface area contributed by atoms with Gasteiger partial charge in [-0.25, -0.2) is 8.78 Å². The summed E-state index contributed by atoms with van der Waals surface area (Å²) in [5.74, 6) is 0. The van der Waals surface area contributed by atoms with E-state index in [0.717, 1.165) is 10.2 Å². The zero-order valence-electron chi connectivity index (χ0n) is 10.1. The Morgan fingerprint density at radius 1 is 1.28 bits per heavy atom. The van der Waals surface area contributed by atoms with E-state index in [0.29, 0.717) is 25.9 Å². The summed E-state index contributed by atoms with van der Waals surface area (Å²) in [5.41, 5.74) is 5.62. The number of benzene rings is 1. The standard InChI is InChI=1S/C13H17BrF2N2/c14-10-3-1-2-4-11(10)18-7-5-13(9-17,6-8-18)12(15)16/h1-4,12H,5-9,17H2. The number of hydrogen-bond donors (Lipinski definition) is 1. The minimum absolute atomic E-state index is 0.0640. The number of nitrogens with zero attached hydrogens (tertiary/aromatic N) is 1. The molecule has 0 aliphatic carbocycles. The van der Waals surface area contributed by atoms with Crippen LogP contribution in [0.25, 0.3) is 0 Å². The van der Waals surface area contributed by atoms with E-state index in [1.807, 2.05) is 24.3 Å². The Kier molecular flexibility index (Phi) is 4.22. The lowest BCUT2D eigenvalue weighted by molar-refractivity contribution is -0.0160. The summed E-state index contributed by atoms with van der Waals surface area (Å²) < 4.78 is 27.2. The average molecular weight is 319 g/mol. The third kappa shape index (κ3) is 2.52. The molecule has 0 radical (unpaired) electrons. The van der Waals surface area contributed by atoms with Gasteiger partial charge in [0.2, 0.25) is 6.43 Å². The van der Waals surface area contributed by atoms with E-state index in [1.165, 1.54) is 0 Å². The molecule has 0 bridgehead atoms. The lowest BCUT2D eigenvalue weighted by atomic mass is 9.78. The number of para-hydroxylation sites is 1. The molecule has 18 heavy (non-hydrogen) atoms. The SMILES string of the molecule is NCC1(C(F)F)CCN(c2ccccc2Br)CC1. The van der Waals surface area contributed by atoms with Crippen molar-refractivity contribution in [3.8, 4) is 0 Å². The van der Waals surface area contributed by atoms with Gasteiger partial charge in [0.15, 0.2) is 0 Å². The van der Waals surface area contributed by atoms with Crippen LogP contribution in [0.15, 0.2) is 28.7 Å². The fourth-order valence-corrected chi connectivity index (χ4v) is 2.95. The van der Waals surface area contributed by atoms with Crippen molar-refractivity contribution in [2.24, 2.45) is 11.1 Å². The monoisotopic (exact) mass is 318 g/mol. The number of rotatable bonds is 3. The molecule has 0 atom stereocenters. The molecule has 0 amide bonds. The van der Waals surface area contributed by atoms with Crippen LogP contribution in [0.3, 0.4) is 0 Å². The second kappa shape index (κ2) is 5.53. The summed E-state index contributed by atoms with van der Waals surface area (Å²) >= 11 is 3.49. The van der Waals surface area contributed by atoms with E-state index < -0.39 is 11.8 Å². The molecule has 1 aromatic rings. The van der Waals surface area contributed by atoms with Gasteiger partial charge in [-0.15, -0.1) is 0 Å². The molecule has 0 spiro atoms. The van der Waals surface area contributed by atoms with E-state index in [2.05, 4.69) is 20.8 Å². The Balaban J connectivity index is 2.09. The van der Waals surface area contributed by atoms with Gasteiger partial charge in [-0.1, -0.05) is 12.1 Å². The van der Waals surface area contributed by atoms with Gasteiger partial charge in [-0.3, -0.25) is 0 Å². The first kappa shape index (κ1) is 13.7. The van der Waals surface area contributed by atoms with Gasteiger partial charge in [-0.2, -0.15) is 0 Å². The van der Waals surface area contributed by atoms with Crippen molar-refractivity contribution >= 4 is 21.6 Å². The van der Waals surface area contributed by atoms with Gasteiger partial charge in [-0.05, 0) is 40.9 Å². The number of halogens is 3. The van der Waals surface area contributed by atoms with Crippen molar-refractivity contribution in [2.45, 2.75) is 19.3 Å². The van der Waals surface area contributed by atoms with Crippen LogP contribution in [0.2, 0.25) is 0 Å². The van der Waals surface area contributed by atoms with Gasteiger partial charge >= 0.3 is 0 Å². The summed E-state index contributed by atoms with van der Waals surface area (Å²) in [6.45, 7) is 1.32. The highest BCUT2D eigenvalue weighted by molar-refractivity contribution is 9.10. The highest BCUT2D eigenvalue weighted by Crippen LogP contribution is 2.39. The van der Waals surface area contributed by atoms with Gasteiger partial charge in [0.05, 0.1) is 5.69 Å². The van der Waals surface area contributed by atoms with Crippen LogP contribution >= 0.6 is 15.9 Å². The first-order valence-corrected chi connectivity index (χ1v) is 6.86. The first-order chi connectivity index (χ1) is 8.59. The highest BCUT2D eigenvalue weighted by atomic mass is 79.9. The molecule has 0 saturated carbocycles. The molecule has 1 aliphatic rings. The lowest BCUT2D eigenvalue weighted by Crippen LogP contribution is -2.48. The molecule has 1 aromatic carbocycles. The van der Waals surface area contributed by atoms with E-state index >= 15 is 0 Å². The molecule has 1 saturated heterocycles. The maximum absolute atomic E-state index is 13.1. The van der Waals surface area contributed by atoms with Crippen LogP contribution in [0.5, 0.6) is 0 Å². The number of hydrogen-bond acceptors (Lipinski definition) is 2. The molecule has 1 heterocycles. The van der Waals surface area contributed by atoms with Gasteiger partial charge in [0, 0.05) is 29.5 Å². The Morgan fingerprint density at radius 3 is 2.39 bits per heavy atom. The Bertz CT molecular complexity index is 404. The predicted octanol–water partition coefficient (Wildman–Crippen LogP) is 3.26. The molecule has 1 aliphatic heterocycles. The maximum atomic E-state index is 13.1. The number of piperidine rings is 1. The van der Waals surface area contributed by atoms with Crippen molar-refractivity contribution < 1.29 is 8.78 Å². The molecule has 2 rings (SSSR count). The quantitative estimate of drug-likeness (QED) is 0.927. The largest absolute Gasteiger partial charge is 0.371 e. The summed E-state index contributed by atoms with van der Waals surface area (Å²) in [7, 11) is 0. The van der Waals surface area contributed by atoms with E-state index in [4.69, 9.17) is 5.73 Å². The zero-order chi connectivity index (χ0) is 13.2. The molecule has 100 valence electrons. The Labute approximate surface area is 114 Å². The molecule has 2 nitrogen and oxygen atoms in total. The minimum Gasteiger partial charge on any atom is -0.371 e. The number of anilines is 1. The van der Waals surface area contributed by atoms with Crippen LogP contribution in [-0.4, -0.2) is 26.1 Å².